The molecule has 0 aliphatic heterocycles. The number of rotatable bonds is 1. The van der Waals surface area contributed by atoms with Crippen molar-refractivity contribution in [2.45, 2.75) is 31.8 Å². The second-order valence-electron chi connectivity index (χ2n) is 3.28. The molecule has 0 atom stereocenters. The Morgan fingerprint density at radius 1 is 1.50 bits per heavy atom. The number of carbonyl (C=O) groups excluding carboxylic acids is 1. The van der Waals surface area contributed by atoms with Crippen molar-refractivity contribution in [3.8, 4) is 0 Å². The first-order valence-electron chi connectivity index (χ1n) is 4.71. The molecule has 0 aromatic carbocycles. The van der Waals surface area contributed by atoms with Crippen LogP contribution in [0, 0.1) is 0 Å². The van der Waals surface area contributed by atoms with Crippen LogP contribution in [0.15, 0.2) is 17.5 Å². The summed E-state index contributed by atoms with van der Waals surface area (Å²) < 4.78 is 0. The van der Waals surface area contributed by atoms with Crippen molar-refractivity contribution in [1.82, 2.24) is 0 Å². The first-order chi connectivity index (χ1) is 6.70. The monoisotopic (exact) mass is 213 g/mol. The number of primary amides is 1. The molecule has 1 aromatic heterocycles. The molecule has 1 heterocycles. The molecule has 1 aromatic rings. The van der Waals surface area contributed by atoms with E-state index in [0.29, 0.717) is 4.88 Å². The van der Waals surface area contributed by atoms with Crippen LogP contribution in [0.2, 0.25) is 0 Å². The molecule has 0 unspecified atom stereocenters. The fourth-order valence-electron chi connectivity index (χ4n) is 1.32. The second kappa shape index (κ2) is 5.78. The second-order valence-corrected chi connectivity index (χ2v) is 4.23. The van der Waals surface area contributed by atoms with Gasteiger partial charge in [-0.05, 0) is 24.3 Å². The van der Waals surface area contributed by atoms with E-state index >= 15 is 0 Å². The van der Waals surface area contributed by atoms with Crippen LogP contribution in [-0.2, 0) is 0 Å². The normalized spacial score (nSPS) is 16.1. The molecule has 4 heteroatoms. The predicted molar refractivity (Wildman–Crippen MR) is 57.3 cm³/mol. The van der Waals surface area contributed by atoms with Gasteiger partial charge in [0.15, 0.2) is 0 Å². The number of thiophene rings is 1. The number of aliphatic hydroxyl groups is 1. The van der Waals surface area contributed by atoms with Crippen molar-refractivity contribution in [3.05, 3.63) is 22.4 Å². The standard InChI is InChI=1S/C5H5NOS.C5H10O/c6-5(7)4-2-1-3-8-4;6-5-3-1-2-4-5/h1-3H,(H2,6,7);5-6H,1-4H2. The first kappa shape index (κ1) is 11.2. The lowest BCUT2D eigenvalue weighted by molar-refractivity contribution is 0.100. The minimum absolute atomic E-state index is 0.0463. The topological polar surface area (TPSA) is 63.3 Å². The maximum absolute atomic E-state index is 10.3. The summed E-state index contributed by atoms with van der Waals surface area (Å²) in [6.07, 6.45) is 4.60. The van der Waals surface area contributed by atoms with Crippen molar-refractivity contribution in [2.75, 3.05) is 0 Å². The van der Waals surface area contributed by atoms with E-state index < -0.39 is 0 Å². The Bertz CT molecular complexity index is 266. The Kier molecular flexibility index (Phi) is 4.62. The summed E-state index contributed by atoms with van der Waals surface area (Å²) in [5.41, 5.74) is 4.93. The first-order valence-corrected chi connectivity index (χ1v) is 5.59. The SMILES string of the molecule is NC(=O)c1cccs1.OC1CCCC1. The van der Waals surface area contributed by atoms with Crippen molar-refractivity contribution >= 4 is 17.2 Å². The van der Waals surface area contributed by atoms with Gasteiger partial charge in [-0.1, -0.05) is 18.9 Å². The lowest BCUT2D eigenvalue weighted by Gasteiger charge is -1.91. The van der Waals surface area contributed by atoms with E-state index in [1.807, 2.05) is 5.38 Å². The van der Waals surface area contributed by atoms with Crippen molar-refractivity contribution in [3.63, 3.8) is 0 Å². The van der Waals surface area contributed by atoms with E-state index in [0.717, 1.165) is 12.8 Å². The molecule has 1 saturated carbocycles. The molecule has 0 spiro atoms. The molecular formula is C10H15NO2S. The van der Waals surface area contributed by atoms with E-state index in [1.165, 1.54) is 24.2 Å². The van der Waals surface area contributed by atoms with Crippen molar-refractivity contribution in [1.29, 1.82) is 0 Å². The van der Waals surface area contributed by atoms with Crippen molar-refractivity contribution < 1.29 is 9.90 Å². The highest BCUT2D eigenvalue weighted by Gasteiger charge is 2.09. The Hall–Kier alpha value is -0.870. The molecule has 1 amide bonds. The lowest BCUT2D eigenvalue weighted by Crippen LogP contribution is -2.07. The molecule has 78 valence electrons. The molecule has 0 radical (unpaired) electrons. The third-order valence-electron chi connectivity index (χ3n) is 2.09. The smallest absolute Gasteiger partial charge is 0.258 e. The number of nitrogens with two attached hydrogens (primary N) is 1. The summed E-state index contributed by atoms with van der Waals surface area (Å²) in [4.78, 5) is 10.9. The van der Waals surface area contributed by atoms with E-state index in [-0.39, 0.29) is 12.0 Å². The van der Waals surface area contributed by atoms with Crippen LogP contribution in [0.1, 0.15) is 35.4 Å². The molecule has 1 aliphatic rings. The molecule has 2 rings (SSSR count). The van der Waals surface area contributed by atoms with Gasteiger partial charge in [-0.15, -0.1) is 11.3 Å². The van der Waals surface area contributed by atoms with Gasteiger partial charge in [0.25, 0.3) is 5.91 Å². The summed E-state index contributed by atoms with van der Waals surface area (Å²) in [6.45, 7) is 0. The lowest BCUT2D eigenvalue weighted by atomic mass is 10.3. The van der Waals surface area contributed by atoms with Crippen LogP contribution >= 0.6 is 11.3 Å². The summed E-state index contributed by atoms with van der Waals surface area (Å²) >= 11 is 1.36. The van der Waals surface area contributed by atoms with Gasteiger partial charge in [0.1, 0.15) is 0 Å². The molecule has 3 N–H and O–H groups in total. The summed E-state index contributed by atoms with van der Waals surface area (Å²) in [7, 11) is 0. The number of aliphatic hydroxyl groups excluding tert-OH is 1. The third kappa shape index (κ3) is 3.89. The fraction of sp³-hybridized carbons (Fsp3) is 0.500. The van der Waals surface area contributed by atoms with E-state index in [2.05, 4.69) is 0 Å². The zero-order chi connectivity index (χ0) is 10.4. The van der Waals surface area contributed by atoms with Gasteiger partial charge in [-0.3, -0.25) is 4.79 Å². The van der Waals surface area contributed by atoms with E-state index in [1.54, 1.807) is 12.1 Å². The van der Waals surface area contributed by atoms with Gasteiger partial charge >= 0.3 is 0 Å². The molecule has 1 aliphatic carbocycles. The van der Waals surface area contributed by atoms with Gasteiger partial charge in [-0.25, -0.2) is 0 Å². The average molecular weight is 213 g/mol. The van der Waals surface area contributed by atoms with Gasteiger partial charge < -0.3 is 10.8 Å². The Morgan fingerprint density at radius 3 is 2.36 bits per heavy atom. The average Bonchev–Trinajstić information content (AvgIpc) is 2.75. The van der Waals surface area contributed by atoms with Gasteiger partial charge in [0, 0.05) is 0 Å². The quantitative estimate of drug-likeness (QED) is 0.746. The minimum atomic E-state index is -0.347. The largest absolute Gasteiger partial charge is 0.393 e. The Labute approximate surface area is 87.6 Å². The Balaban J connectivity index is 0.000000146. The summed E-state index contributed by atoms with van der Waals surface area (Å²) in [5, 5.41) is 10.5. The zero-order valence-electron chi connectivity index (χ0n) is 7.98. The highest BCUT2D eigenvalue weighted by Crippen LogP contribution is 2.16. The van der Waals surface area contributed by atoms with Crippen LogP contribution in [0.5, 0.6) is 0 Å². The third-order valence-corrected chi connectivity index (χ3v) is 2.97. The van der Waals surface area contributed by atoms with Crippen LogP contribution in [0.25, 0.3) is 0 Å². The Morgan fingerprint density at radius 2 is 2.14 bits per heavy atom. The highest BCUT2D eigenvalue weighted by molar-refractivity contribution is 7.12. The van der Waals surface area contributed by atoms with Crippen molar-refractivity contribution in [2.24, 2.45) is 5.73 Å². The van der Waals surface area contributed by atoms with Gasteiger partial charge in [0.05, 0.1) is 11.0 Å². The maximum Gasteiger partial charge on any atom is 0.258 e. The minimum Gasteiger partial charge on any atom is -0.393 e. The predicted octanol–water partition coefficient (Wildman–Crippen LogP) is 1.77. The molecule has 3 nitrogen and oxygen atoms in total. The number of amides is 1. The van der Waals surface area contributed by atoms with Crippen LogP contribution in [-0.4, -0.2) is 17.1 Å². The zero-order valence-corrected chi connectivity index (χ0v) is 8.80. The van der Waals surface area contributed by atoms with E-state index in [4.69, 9.17) is 10.8 Å². The summed E-state index contributed by atoms with van der Waals surface area (Å²) in [5.74, 6) is -0.347. The van der Waals surface area contributed by atoms with Crippen LogP contribution in [0.4, 0.5) is 0 Å². The molecule has 0 bridgehead atoms. The van der Waals surface area contributed by atoms with Crippen LogP contribution < -0.4 is 5.73 Å². The summed E-state index contributed by atoms with van der Waals surface area (Å²) in [6, 6.07) is 3.50. The number of hydrogen-bond donors (Lipinski definition) is 2. The van der Waals surface area contributed by atoms with Gasteiger partial charge in [-0.2, -0.15) is 0 Å². The molecular weight excluding hydrogens is 198 g/mol. The number of carbonyl (C=O) groups is 1. The van der Waals surface area contributed by atoms with E-state index in [9.17, 15) is 4.79 Å². The molecule has 14 heavy (non-hydrogen) atoms. The van der Waals surface area contributed by atoms with Gasteiger partial charge in [0.2, 0.25) is 0 Å². The fourth-order valence-corrected chi connectivity index (χ4v) is 1.90. The highest BCUT2D eigenvalue weighted by atomic mass is 32.1. The number of hydrogen-bond acceptors (Lipinski definition) is 3. The molecule has 0 saturated heterocycles. The van der Waals surface area contributed by atoms with Crippen LogP contribution in [0.3, 0.4) is 0 Å². The molecule has 1 fully saturated rings. The maximum atomic E-state index is 10.3.